The Morgan fingerprint density at radius 3 is 2.60 bits per heavy atom. The van der Waals surface area contributed by atoms with Gasteiger partial charge in [-0.1, -0.05) is 24.3 Å². The Morgan fingerprint density at radius 1 is 1.06 bits per heavy atom. The smallest absolute Gasteiger partial charge is 0.287 e. The molecule has 0 fully saturated rings. The van der Waals surface area contributed by atoms with E-state index in [4.69, 9.17) is 14.2 Å². The summed E-state index contributed by atoms with van der Waals surface area (Å²) in [5, 5.41) is 16.5. The van der Waals surface area contributed by atoms with Gasteiger partial charge in [0.15, 0.2) is 23.0 Å². The lowest BCUT2D eigenvalue weighted by atomic mass is 10.1. The van der Waals surface area contributed by atoms with E-state index in [0.29, 0.717) is 32.7 Å². The highest BCUT2D eigenvalue weighted by molar-refractivity contribution is 9.10. The van der Waals surface area contributed by atoms with Crippen molar-refractivity contribution in [2.75, 3.05) is 13.9 Å². The summed E-state index contributed by atoms with van der Waals surface area (Å²) in [6.07, 6.45) is 2.88. The van der Waals surface area contributed by atoms with Crippen LogP contribution in [-0.2, 0) is 4.79 Å². The molecule has 1 aliphatic rings. The van der Waals surface area contributed by atoms with Crippen molar-refractivity contribution < 1.29 is 28.9 Å². The summed E-state index contributed by atoms with van der Waals surface area (Å²) in [4.78, 5) is 25.7. The predicted octanol–water partition coefficient (Wildman–Crippen LogP) is 3.81. The van der Waals surface area contributed by atoms with Crippen molar-refractivity contribution >= 4 is 40.0 Å². The molecule has 0 radical (unpaired) electrons. The zero-order valence-corrected chi connectivity index (χ0v) is 20.0. The molecule has 1 heterocycles. The standard InChI is InChI=1S/C25H20BrN3O6/c1-33-22-12-16(9-18(26)23(22)30)13-27-29-25(32)19(28-24(31)17-5-3-2-4-6-17)10-15-7-8-20-21(11-15)35-14-34-20/h2-13,30H,14H2,1H3,(H,28,31)(H,29,32). The SMILES string of the molecule is COc1cc(C=NNC(=O)C(=Cc2ccc3c(c2)OCO3)NC(=O)c2ccccc2)cc(Br)c1O. The van der Waals surface area contributed by atoms with E-state index in [0.717, 1.165) is 0 Å². The van der Waals surface area contributed by atoms with E-state index in [9.17, 15) is 14.7 Å². The number of carbonyl (C=O) groups is 2. The topological polar surface area (TPSA) is 118 Å². The van der Waals surface area contributed by atoms with Crippen LogP contribution in [0.2, 0.25) is 0 Å². The van der Waals surface area contributed by atoms with Crippen molar-refractivity contribution in [2.24, 2.45) is 5.10 Å². The van der Waals surface area contributed by atoms with E-state index in [1.165, 1.54) is 19.4 Å². The minimum Gasteiger partial charge on any atom is -0.503 e. The first kappa shape index (κ1) is 23.8. The fourth-order valence-corrected chi connectivity index (χ4v) is 3.62. The fourth-order valence-electron chi connectivity index (χ4n) is 3.16. The van der Waals surface area contributed by atoms with Gasteiger partial charge in [0.1, 0.15) is 5.70 Å². The van der Waals surface area contributed by atoms with Gasteiger partial charge in [0, 0.05) is 5.56 Å². The van der Waals surface area contributed by atoms with E-state index in [1.54, 1.807) is 60.7 Å². The van der Waals surface area contributed by atoms with Crippen LogP contribution in [0.3, 0.4) is 0 Å². The summed E-state index contributed by atoms with van der Waals surface area (Å²) in [7, 11) is 1.42. The molecular weight excluding hydrogens is 518 g/mol. The first-order valence-electron chi connectivity index (χ1n) is 10.3. The van der Waals surface area contributed by atoms with Crippen molar-refractivity contribution in [1.82, 2.24) is 10.7 Å². The van der Waals surface area contributed by atoms with Gasteiger partial charge in [-0.05, 0) is 69.5 Å². The van der Waals surface area contributed by atoms with Crippen LogP contribution in [0.5, 0.6) is 23.0 Å². The third-order valence-electron chi connectivity index (χ3n) is 4.89. The minimum absolute atomic E-state index is 0.0284. The number of phenolic OH excluding ortho intramolecular Hbond substituents is 1. The molecule has 0 atom stereocenters. The highest BCUT2D eigenvalue weighted by Crippen LogP contribution is 2.35. The third kappa shape index (κ3) is 5.79. The zero-order chi connectivity index (χ0) is 24.8. The largest absolute Gasteiger partial charge is 0.503 e. The molecule has 1 aliphatic heterocycles. The summed E-state index contributed by atoms with van der Waals surface area (Å²) in [6, 6.07) is 16.8. The van der Waals surface area contributed by atoms with Crippen LogP contribution in [0.15, 0.2) is 75.9 Å². The number of hydrogen-bond acceptors (Lipinski definition) is 7. The van der Waals surface area contributed by atoms with Crippen LogP contribution >= 0.6 is 15.9 Å². The van der Waals surface area contributed by atoms with Gasteiger partial charge in [-0.3, -0.25) is 9.59 Å². The molecule has 0 saturated heterocycles. The number of hydrazone groups is 1. The lowest BCUT2D eigenvalue weighted by Gasteiger charge is -2.10. The van der Waals surface area contributed by atoms with Crippen molar-refractivity contribution in [3.63, 3.8) is 0 Å². The number of carbonyl (C=O) groups excluding carboxylic acids is 2. The van der Waals surface area contributed by atoms with E-state index >= 15 is 0 Å². The van der Waals surface area contributed by atoms with Crippen LogP contribution in [0.4, 0.5) is 0 Å². The Morgan fingerprint density at radius 2 is 1.83 bits per heavy atom. The molecule has 0 aromatic heterocycles. The molecule has 9 nitrogen and oxygen atoms in total. The van der Waals surface area contributed by atoms with E-state index in [1.807, 2.05) is 0 Å². The molecule has 0 bridgehead atoms. The van der Waals surface area contributed by atoms with E-state index in [2.05, 4.69) is 31.8 Å². The number of rotatable bonds is 7. The lowest BCUT2D eigenvalue weighted by molar-refractivity contribution is -0.117. The Labute approximate surface area is 209 Å². The minimum atomic E-state index is -0.645. The summed E-state index contributed by atoms with van der Waals surface area (Å²) in [5.74, 6) is 0.230. The van der Waals surface area contributed by atoms with Gasteiger partial charge in [0.2, 0.25) is 6.79 Å². The number of ether oxygens (including phenoxy) is 3. The number of halogens is 1. The van der Waals surface area contributed by atoms with Crippen LogP contribution < -0.4 is 25.0 Å². The zero-order valence-electron chi connectivity index (χ0n) is 18.4. The molecule has 3 aromatic rings. The molecular formula is C25H20BrN3O6. The second-order valence-corrected chi connectivity index (χ2v) is 8.10. The van der Waals surface area contributed by atoms with E-state index in [-0.39, 0.29) is 24.0 Å². The highest BCUT2D eigenvalue weighted by Gasteiger charge is 2.17. The van der Waals surface area contributed by atoms with Crippen LogP contribution in [0.1, 0.15) is 21.5 Å². The number of nitrogens with one attached hydrogen (secondary N) is 2. The van der Waals surface area contributed by atoms with Gasteiger partial charge < -0.3 is 24.6 Å². The quantitative estimate of drug-likeness (QED) is 0.239. The maximum atomic E-state index is 12.9. The number of aromatic hydroxyl groups is 1. The number of benzene rings is 3. The average Bonchev–Trinajstić information content (AvgIpc) is 3.34. The van der Waals surface area contributed by atoms with Crippen molar-refractivity contribution in [1.29, 1.82) is 0 Å². The second kappa shape index (κ2) is 10.7. The van der Waals surface area contributed by atoms with Crippen LogP contribution in [0.25, 0.3) is 6.08 Å². The second-order valence-electron chi connectivity index (χ2n) is 7.24. The van der Waals surface area contributed by atoms with Gasteiger partial charge >= 0.3 is 0 Å². The number of nitrogens with zero attached hydrogens (tertiary/aromatic N) is 1. The Balaban J connectivity index is 1.56. The van der Waals surface area contributed by atoms with Gasteiger partial charge in [-0.25, -0.2) is 5.43 Å². The van der Waals surface area contributed by atoms with Crippen LogP contribution in [0, 0.1) is 0 Å². The molecule has 3 aromatic carbocycles. The average molecular weight is 538 g/mol. The maximum absolute atomic E-state index is 12.9. The Bertz CT molecular complexity index is 1320. The molecule has 10 heteroatoms. The monoisotopic (exact) mass is 537 g/mol. The summed E-state index contributed by atoms with van der Waals surface area (Å²) >= 11 is 3.23. The first-order chi connectivity index (χ1) is 16.9. The molecule has 2 amide bonds. The molecule has 0 unspecified atom stereocenters. The van der Waals surface area contributed by atoms with Gasteiger partial charge in [0.05, 0.1) is 17.8 Å². The maximum Gasteiger partial charge on any atom is 0.287 e. The third-order valence-corrected chi connectivity index (χ3v) is 5.49. The molecule has 0 saturated carbocycles. The summed E-state index contributed by atoms with van der Waals surface area (Å²) < 4.78 is 16.2. The van der Waals surface area contributed by atoms with Crippen molar-refractivity contribution in [3.8, 4) is 23.0 Å². The normalized spacial score (nSPS) is 12.5. The first-order valence-corrected chi connectivity index (χ1v) is 11.1. The van der Waals surface area contributed by atoms with Crippen LogP contribution in [-0.4, -0.2) is 37.0 Å². The lowest BCUT2D eigenvalue weighted by Crippen LogP contribution is -2.32. The Kier molecular flexibility index (Phi) is 7.32. The number of amides is 2. The summed E-state index contributed by atoms with van der Waals surface area (Å²) in [6.45, 7) is 0.119. The number of methoxy groups -OCH3 is 1. The Hall–Kier alpha value is -4.31. The number of fused-ring (bicyclic) bond motifs is 1. The number of hydrogen-bond donors (Lipinski definition) is 3. The molecule has 178 valence electrons. The molecule has 0 spiro atoms. The van der Waals surface area contributed by atoms with Crippen molar-refractivity contribution in [2.45, 2.75) is 0 Å². The molecule has 3 N–H and O–H groups in total. The number of phenols is 1. The van der Waals surface area contributed by atoms with E-state index < -0.39 is 11.8 Å². The van der Waals surface area contributed by atoms with Crippen molar-refractivity contribution in [3.05, 3.63) is 87.5 Å². The summed E-state index contributed by atoms with van der Waals surface area (Å²) in [5.41, 5.74) is 3.94. The molecule has 4 rings (SSSR count). The van der Waals surface area contributed by atoms with Gasteiger partial charge in [0.25, 0.3) is 11.8 Å². The van der Waals surface area contributed by atoms with Gasteiger partial charge in [-0.2, -0.15) is 5.10 Å². The fraction of sp³-hybridized carbons (Fsp3) is 0.0800. The predicted molar refractivity (Wildman–Crippen MR) is 133 cm³/mol. The molecule has 35 heavy (non-hydrogen) atoms. The van der Waals surface area contributed by atoms with Gasteiger partial charge in [-0.15, -0.1) is 0 Å². The molecule has 0 aliphatic carbocycles. The highest BCUT2D eigenvalue weighted by atomic mass is 79.9.